The maximum Gasteiger partial charge on any atom is 0.0922 e. The van der Waals surface area contributed by atoms with Gasteiger partial charge < -0.3 is 5.11 Å². The molecule has 1 aliphatic carbocycles. The van der Waals surface area contributed by atoms with Crippen molar-refractivity contribution in [2.75, 3.05) is 0 Å². The third kappa shape index (κ3) is 2.80. The maximum absolute atomic E-state index is 11.1. The SMILES string of the molecule is CCC(O)(c1cccc(Br)c1)C1CCCC(C)C1. The molecule has 100 valence electrons. The van der Waals surface area contributed by atoms with Gasteiger partial charge in [0.05, 0.1) is 5.60 Å². The number of rotatable bonds is 3. The third-order valence-electron chi connectivity index (χ3n) is 4.48. The molecule has 0 amide bonds. The summed E-state index contributed by atoms with van der Waals surface area (Å²) in [4.78, 5) is 0. The molecule has 2 heteroatoms. The van der Waals surface area contributed by atoms with Gasteiger partial charge in [-0.1, -0.05) is 54.8 Å². The van der Waals surface area contributed by atoms with Crippen LogP contribution in [0.4, 0.5) is 0 Å². The second-order valence-corrected chi connectivity index (χ2v) is 6.67. The van der Waals surface area contributed by atoms with Crippen LogP contribution in [0.2, 0.25) is 0 Å². The molecule has 0 saturated heterocycles. The average Bonchev–Trinajstić information content (AvgIpc) is 2.38. The van der Waals surface area contributed by atoms with E-state index >= 15 is 0 Å². The van der Waals surface area contributed by atoms with Gasteiger partial charge in [-0.3, -0.25) is 0 Å². The molecule has 1 nitrogen and oxygen atoms in total. The van der Waals surface area contributed by atoms with Gasteiger partial charge >= 0.3 is 0 Å². The van der Waals surface area contributed by atoms with Crippen LogP contribution in [-0.2, 0) is 5.60 Å². The lowest BCUT2D eigenvalue weighted by Gasteiger charge is -2.40. The Balaban J connectivity index is 2.29. The van der Waals surface area contributed by atoms with Crippen molar-refractivity contribution >= 4 is 15.9 Å². The van der Waals surface area contributed by atoms with Gasteiger partial charge in [-0.05, 0) is 48.8 Å². The number of benzene rings is 1. The zero-order valence-electron chi connectivity index (χ0n) is 11.3. The van der Waals surface area contributed by atoms with E-state index in [4.69, 9.17) is 0 Å². The molecule has 1 aromatic rings. The van der Waals surface area contributed by atoms with Crippen molar-refractivity contribution in [1.82, 2.24) is 0 Å². The van der Waals surface area contributed by atoms with Crippen LogP contribution in [0.1, 0.15) is 51.5 Å². The summed E-state index contributed by atoms with van der Waals surface area (Å²) in [6, 6.07) is 8.17. The highest BCUT2D eigenvalue weighted by molar-refractivity contribution is 9.10. The molecular weight excluding hydrogens is 288 g/mol. The summed E-state index contributed by atoms with van der Waals surface area (Å²) in [5.74, 6) is 1.15. The first-order valence-corrected chi connectivity index (χ1v) is 7.84. The Morgan fingerprint density at radius 1 is 1.39 bits per heavy atom. The van der Waals surface area contributed by atoms with E-state index in [1.54, 1.807) is 0 Å². The predicted molar refractivity (Wildman–Crippen MR) is 79.5 cm³/mol. The Bertz CT molecular complexity index is 404. The summed E-state index contributed by atoms with van der Waals surface area (Å²) in [6.07, 6.45) is 5.66. The van der Waals surface area contributed by atoms with Gasteiger partial charge in [-0.15, -0.1) is 0 Å². The standard InChI is InChI=1S/C16H23BrO/c1-3-16(18,13-7-4-6-12(2)10-13)14-8-5-9-15(17)11-14/h5,8-9,11-13,18H,3-4,6-7,10H2,1-2H3. The molecule has 3 unspecified atom stereocenters. The van der Waals surface area contributed by atoms with Gasteiger partial charge in [0.2, 0.25) is 0 Å². The zero-order chi connectivity index (χ0) is 13.2. The van der Waals surface area contributed by atoms with Crippen LogP contribution in [0.3, 0.4) is 0 Å². The van der Waals surface area contributed by atoms with Crippen LogP contribution in [0.5, 0.6) is 0 Å². The molecule has 0 aliphatic heterocycles. The van der Waals surface area contributed by atoms with E-state index in [0.717, 1.165) is 35.2 Å². The topological polar surface area (TPSA) is 20.2 Å². The minimum Gasteiger partial charge on any atom is -0.385 e. The molecule has 1 fully saturated rings. The normalized spacial score (nSPS) is 27.8. The van der Waals surface area contributed by atoms with E-state index in [-0.39, 0.29) is 0 Å². The quantitative estimate of drug-likeness (QED) is 0.844. The summed E-state index contributed by atoms with van der Waals surface area (Å²) < 4.78 is 1.05. The lowest BCUT2D eigenvalue weighted by molar-refractivity contribution is -0.0492. The van der Waals surface area contributed by atoms with E-state index in [1.807, 2.05) is 12.1 Å². The van der Waals surface area contributed by atoms with Gasteiger partial charge in [-0.25, -0.2) is 0 Å². The molecule has 0 aromatic heterocycles. The van der Waals surface area contributed by atoms with Crippen LogP contribution in [0.15, 0.2) is 28.7 Å². The lowest BCUT2D eigenvalue weighted by Crippen LogP contribution is -2.37. The van der Waals surface area contributed by atoms with Gasteiger partial charge in [0.1, 0.15) is 0 Å². The van der Waals surface area contributed by atoms with E-state index in [0.29, 0.717) is 5.92 Å². The molecule has 0 bridgehead atoms. The predicted octanol–water partition coefficient (Wildman–Crippen LogP) is 4.87. The summed E-state index contributed by atoms with van der Waals surface area (Å²) in [5, 5.41) is 11.1. The Morgan fingerprint density at radius 3 is 2.78 bits per heavy atom. The minimum absolute atomic E-state index is 0.403. The fourth-order valence-electron chi connectivity index (χ4n) is 3.35. The molecule has 18 heavy (non-hydrogen) atoms. The number of aliphatic hydroxyl groups is 1. The number of hydrogen-bond acceptors (Lipinski definition) is 1. The van der Waals surface area contributed by atoms with Crippen LogP contribution >= 0.6 is 15.9 Å². The summed E-state index contributed by atoms with van der Waals surface area (Å²) >= 11 is 3.51. The van der Waals surface area contributed by atoms with Gasteiger partial charge in [0, 0.05) is 4.47 Å². The first kappa shape index (κ1) is 14.1. The van der Waals surface area contributed by atoms with Crippen molar-refractivity contribution in [3.05, 3.63) is 34.3 Å². The highest BCUT2D eigenvalue weighted by Crippen LogP contribution is 2.43. The largest absolute Gasteiger partial charge is 0.385 e. The Kier molecular flexibility index (Phi) is 4.50. The molecular formula is C16H23BrO. The van der Waals surface area contributed by atoms with Gasteiger partial charge in [-0.2, -0.15) is 0 Å². The van der Waals surface area contributed by atoms with Gasteiger partial charge in [0.25, 0.3) is 0 Å². The molecule has 2 rings (SSSR count). The highest BCUT2D eigenvalue weighted by Gasteiger charge is 2.38. The van der Waals surface area contributed by atoms with Crippen molar-refractivity contribution in [3.8, 4) is 0 Å². The number of halogens is 1. The van der Waals surface area contributed by atoms with Gasteiger partial charge in [0.15, 0.2) is 0 Å². The van der Waals surface area contributed by atoms with E-state index in [9.17, 15) is 5.11 Å². The van der Waals surface area contributed by atoms with Crippen LogP contribution in [0.25, 0.3) is 0 Å². The minimum atomic E-state index is -0.654. The Labute approximate surface area is 119 Å². The van der Waals surface area contributed by atoms with Crippen molar-refractivity contribution in [2.24, 2.45) is 11.8 Å². The average molecular weight is 311 g/mol. The number of hydrogen-bond donors (Lipinski definition) is 1. The van der Waals surface area contributed by atoms with E-state index in [1.165, 1.54) is 12.8 Å². The second kappa shape index (κ2) is 5.75. The Hall–Kier alpha value is -0.340. The van der Waals surface area contributed by atoms with Crippen molar-refractivity contribution < 1.29 is 5.11 Å². The van der Waals surface area contributed by atoms with E-state index < -0.39 is 5.60 Å². The molecule has 1 saturated carbocycles. The highest BCUT2D eigenvalue weighted by atomic mass is 79.9. The second-order valence-electron chi connectivity index (χ2n) is 5.76. The Morgan fingerprint density at radius 2 is 2.17 bits per heavy atom. The zero-order valence-corrected chi connectivity index (χ0v) is 12.9. The fraction of sp³-hybridized carbons (Fsp3) is 0.625. The molecule has 0 spiro atoms. The lowest BCUT2D eigenvalue weighted by atomic mass is 9.69. The molecule has 1 N–H and O–H groups in total. The molecule has 1 aromatic carbocycles. The molecule has 3 atom stereocenters. The molecule has 1 aliphatic rings. The fourth-order valence-corrected chi connectivity index (χ4v) is 3.75. The molecule has 0 heterocycles. The smallest absolute Gasteiger partial charge is 0.0922 e. The third-order valence-corrected chi connectivity index (χ3v) is 4.97. The maximum atomic E-state index is 11.1. The summed E-state index contributed by atoms with van der Waals surface area (Å²) in [5.41, 5.74) is 0.414. The van der Waals surface area contributed by atoms with Crippen molar-refractivity contribution in [1.29, 1.82) is 0 Å². The monoisotopic (exact) mass is 310 g/mol. The first-order chi connectivity index (χ1) is 8.56. The van der Waals surface area contributed by atoms with E-state index in [2.05, 4.69) is 41.9 Å². The van der Waals surface area contributed by atoms with Crippen molar-refractivity contribution in [3.63, 3.8) is 0 Å². The van der Waals surface area contributed by atoms with Crippen LogP contribution < -0.4 is 0 Å². The van der Waals surface area contributed by atoms with Crippen molar-refractivity contribution in [2.45, 2.75) is 51.6 Å². The molecule has 0 radical (unpaired) electrons. The first-order valence-electron chi connectivity index (χ1n) is 7.04. The van der Waals surface area contributed by atoms with Crippen LogP contribution in [-0.4, -0.2) is 5.11 Å². The van der Waals surface area contributed by atoms with Crippen LogP contribution in [0, 0.1) is 11.8 Å². The summed E-state index contributed by atoms with van der Waals surface area (Å²) in [7, 11) is 0. The summed E-state index contributed by atoms with van der Waals surface area (Å²) in [6.45, 7) is 4.41.